The number of aryl methyl sites for hydroxylation is 2. The van der Waals surface area contributed by atoms with E-state index in [1.807, 2.05) is 58.0 Å². The maximum absolute atomic E-state index is 12.8. The molecule has 0 aliphatic carbocycles. The first kappa shape index (κ1) is 21.5. The van der Waals surface area contributed by atoms with Crippen LogP contribution in [0.4, 0.5) is 5.82 Å². The number of fused-ring (bicyclic) bond motifs is 1. The summed E-state index contributed by atoms with van der Waals surface area (Å²) >= 11 is 0. The summed E-state index contributed by atoms with van der Waals surface area (Å²) in [5.74, 6) is 0.651. The molecular weight excluding hydrogens is 406 g/mol. The third-order valence-electron chi connectivity index (χ3n) is 5.29. The van der Waals surface area contributed by atoms with Crippen LogP contribution in [0.2, 0.25) is 0 Å². The minimum atomic E-state index is -0.220. The molecule has 0 fully saturated rings. The van der Waals surface area contributed by atoms with Gasteiger partial charge in [-0.25, -0.2) is 14.8 Å². The van der Waals surface area contributed by atoms with Gasteiger partial charge < -0.3 is 5.32 Å². The summed E-state index contributed by atoms with van der Waals surface area (Å²) in [5.41, 5.74) is 2.18. The number of nitrogens with zero attached hydrogens (tertiary/aromatic N) is 6. The Morgan fingerprint density at radius 1 is 1.03 bits per heavy atom. The van der Waals surface area contributed by atoms with Crippen LogP contribution in [0.3, 0.4) is 0 Å². The highest BCUT2D eigenvalue weighted by atomic mass is 16.2. The summed E-state index contributed by atoms with van der Waals surface area (Å²) in [6.07, 6.45) is 3.40. The van der Waals surface area contributed by atoms with Gasteiger partial charge in [-0.15, -0.1) is 0 Å². The third kappa shape index (κ3) is 4.05. The van der Waals surface area contributed by atoms with Crippen molar-refractivity contribution in [2.45, 2.75) is 52.6 Å². The molecule has 32 heavy (non-hydrogen) atoms. The molecule has 0 aliphatic heterocycles. The number of para-hydroxylation sites is 2. The maximum Gasteiger partial charge on any atom is 0.329 e. The first-order valence-corrected chi connectivity index (χ1v) is 10.7. The van der Waals surface area contributed by atoms with Gasteiger partial charge in [0.1, 0.15) is 5.82 Å². The lowest BCUT2D eigenvalue weighted by atomic mass is 9.92. The van der Waals surface area contributed by atoms with Crippen molar-refractivity contribution in [1.82, 2.24) is 28.9 Å². The van der Waals surface area contributed by atoms with Crippen LogP contribution in [-0.4, -0.2) is 34.8 Å². The van der Waals surface area contributed by atoms with Crippen LogP contribution in [0.25, 0.3) is 17.0 Å². The lowest BCUT2D eigenvalue weighted by Crippen LogP contribution is -2.26. The fourth-order valence-electron chi connectivity index (χ4n) is 3.60. The van der Waals surface area contributed by atoms with E-state index in [2.05, 4.69) is 20.4 Å². The number of hydrogen-bond donors (Lipinski definition) is 1. The van der Waals surface area contributed by atoms with Gasteiger partial charge in [-0.2, -0.15) is 9.78 Å². The van der Waals surface area contributed by atoms with Crippen LogP contribution in [0.5, 0.6) is 0 Å². The maximum atomic E-state index is 12.8. The fourth-order valence-corrected chi connectivity index (χ4v) is 3.60. The third-order valence-corrected chi connectivity index (χ3v) is 5.29. The predicted octanol–water partition coefficient (Wildman–Crippen LogP) is 3.12. The van der Waals surface area contributed by atoms with E-state index in [0.717, 1.165) is 16.7 Å². The lowest BCUT2D eigenvalue weighted by molar-refractivity contribution is -0.116. The molecule has 1 aromatic carbocycles. The predicted molar refractivity (Wildman–Crippen MR) is 123 cm³/mol. The number of aromatic nitrogens is 6. The molecule has 166 valence electrons. The van der Waals surface area contributed by atoms with E-state index in [0.29, 0.717) is 18.3 Å². The fraction of sp³-hybridized carbons (Fsp3) is 0.348. The molecule has 1 amide bonds. The Balaban J connectivity index is 1.58. The molecule has 0 unspecified atom stereocenters. The van der Waals surface area contributed by atoms with Crippen molar-refractivity contribution in [1.29, 1.82) is 0 Å². The van der Waals surface area contributed by atoms with Gasteiger partial charge in [-0.05, 0) is 25.1 Å². The normalized spacial score (nSPS) is 11.8. The Kier molecular flexibility index (Phi) is 5.65. The summed E-state index contributed by atoms with van der Waals surface area (Å²) in [6, 6.07) is 11.2. The Labute approximate surface area is 185 Å². The second-order valence-corrected chi connectivity index (χ2v) is 8.59. The molecule has 1 N–H and O–H groups in total. The van der Waals surface area contributed by atoms with E-state index >= 15 is 0 Å². The molecular formula is C23H27N7O2. The van der Waals surface area contributed by atoms with Crippen LogP contribution < -0.4 is 11.0 Å². The molecule has 4 rings (SSSR count). The van der Waals surface area contributed by atoms with Crippen molar-refractivity contribution < 1.29 is 4.79 Å². The highest BCUT2D eigenvalue weighted by Crippen LogP contribution is 2.25. The van der Waals surface area contributed by atoms with E-state index in [-0.39, 0.29) is 30.0 Å². The van der Waals surface area contributed by atoms with Gasteiger partial charge in [0, 0.05) is 43.4 Å². The van der Waals surface area contributed by atoms with Gasteiger partial charge in [0.05, 0.1) is 16.7 Å². The Morgan fingerprint density at radius 3 is 2.31 bits per heavy atom. The molecule has 0 radical (unpaired) electrons. The van der Waals surface area contributed by atoms with E-state index in [1.54, 1.807) is 27.6 Å². The van der Waals surface area contributed by atoms with E-state index < -0.39 is 0 Å². The molecule has 3 heterocycles. The van der Waals surface area contributed by atoms with Crippen molar-refractivity contribution >= 4 is 22.8 Å². The monoisotopic (exact) mass is 433 g/mol. The lowest BCUT2D eigenvalue weighted by Gasteiger charge is -2.13. The van der Waals surface area contributed by atoms with Crippen LogP contribution in [-0.2, 0) is 23.3 Å². The van der Waals surface area contributed by atoms with E-state index in [4.69, 9.17) is 0 Å². The van der Waals surface area contributed by atoms with Gasteiger partial charge in [-0.1, -0.05) is 32.9 Å². The summed E-state index contributed by atoms with van der Waals surface area (Å²) in [5, 5.41) is 7.53. The second-order valence-electron chi connectivity index (χ2n) is 8.59. The van der Waals surface area contributed by atoms with Crippen LogP contribution >= 0.6 is 0 Å². The highest BCUT2D eigenvalue weighted by Gasteiger charge is 2.22. The van der Waals surface area contributed by atoms with E-state index in [9.17, 15) is 9.59 Å². The van der Waals surface area contributed by atoms with Gasteiger partial charge in [0.15, 0.2) is 0 Å². The van der Waals surface area contributed by atoms with Crippen LogP contribution in [0.15, 0.2) is 53.6 Å². The molecule has 0 bridgehead atoms. The van der Waals surface area contributed by atoms with Crippen molar-refractivity contribution in [2.75, 3.05) is 5.32 Å². The molecule has 0 aliphatic rings. The van der Waals surface area contributed by atoms with Crippen LogP contribution in [0.1, 0.15) is 39.8 Å². The van der Waals surface area contributed by atoms with Crippen molar-refractivity contribution in [3.8, 4) is 5.95 Å². The second kappa shape index (κ2) is 8.41. The van der Waals surface area contributed by atoms with Crippen molar-refractivity contribution in [2.24, 2.45) is 0 Å². The number of benzene rings is 1. The number of rotatable bonds is 6. The van der Waals surface area contributed by atoms with Crippen molar-refractivity contribution in [3.63, 3.8) is 0 Å². The number of anilines is 1. The molecule has 0 spiro atoms. The molecule has 0 saturated heterocycles. The van der Waals surface area contributed by atoms with E-state index in [1.165, 1.54) is 4.68 Å². The number of imidazole rings is 1. The number of carbonyl (C=O) groups is 1. The number of carbonyl (C=O) groups excluding carboxylic acids is 1. The minimum absolute atomic E-state index is 0.112. The Bertz CT molecular complexity index is 1310. The zero-order chi connectivity index (χ0) is 22.9. The first-order chi connectivity index (χ1) is 15.3. The summed E-state index contributed by atoms with van der Waals surface area (Å²) in [6.45, 7) is 8.93. The summed E-state index contributed by atoms with van der Waals surface area (Å²) in [7, 11) is 0. The molecule has 9 nitrogen and oxygen atoms in total. The standard InChI is InChI=1S/C23H27N7O2/c1-5-28-16-9-6-7-10-17(16)29(22(28)32)14-11-20(31)26-19-15-18(23(2,3)4)27-30(19)21-24-12-8-13-25-21/h6-10,12-13,15H,5,11,14H2,1-4H3,(H,26,31). The van der Waals surface area contributed by atoms with Crippen molar-refractivity contribution in [3.05, 3.63) is 65.0 Å². The van der Waals surface area contributed by atoms with Gasteiger partial charge in [-0.3, -0.25) is 13.9 Å². The molecule has 0 atom stereocenters. The average molecular weight is 434 g/mol. The molecule has 0 saturated carbocycles. The van der Waals surface area contributed by atoms with Gasteiger partial charge in [0.2, 0.25) is 5.91 Å². The average Bonchev–Trinajstić information content (AvgIpc) is 3.31. The molecule has 9 heteroatoms. The topological polar surface area (TPSA) is 99.6 Å². The quantitative estimate of drug-likeness (QED) is 0.504. The molecule has 3 aromatic heterocycles. The SMILES string of the molecule is CCn1c(=O)n(CCC(=O)Nc2cc(C(C)(C)C)nn2-c2ncccn2)c2ccccc21. The van der Waals surface area contributed by atoms with Gasteiger partial charge in [0.25, 0.3) is 5.95 Å². The molecule has 4 aromatic rings. The number of hydrogen-bond acceptors (Lipinski definition) is 5. The Hall–Kier alpha value is -3.75. The number of amides is 1. The first-order valence-electron chi connectivity index (χ1n) is 10.7. The summed E-state index contributed by atoms with van der Waals surface area (Å²) < 4.78 is 4.90. The highest BCUT2D eigenvalue weighted by molar-refractivity contribution is 5.90. The zero-order valence-corrected chi connectivity index (χ0v) is 18.7. The largest absolute Gasteiger partial charge is 0.329 e. The van der Waals surface area contributed by atoms with Gasteiger partial charge >= 0.3 is 5.69 Å². The number of nitrogens with one attached hydrogen (secondary N) is 1. The minimum Gasteiger partial charge on any atom is -0.310 e. The van der Waals surface area contributed by atoms with Crippen LogP contribution in [0, 0.1) is 0 Å². The Morgan fingerprint density at radius 2 is 1.69 bits per heavy atom. The smallest absolute Gasteiger partial charge is 0.310 e. The summed E-state index contributed by atoms with van der Waals surface area (Å²) in [4.78, 5) is 34.2. The zero-order valence-electron chi connectivity index (χ0n) is 18.7.